The molecule has 5 heteroatoms. The zero-order valence-corrected chi connectivity index (χ0v) is 15.2. The minimum atomic E-state index is -0.292. The minimum absolute atomic E-state index is 0.189. The number of ether oxygens (including phenoxy) is 3. The molecule has 0 spiro atoms. The molecule has 0 radical (unpaired) electrons. The number of carbonyl (C=O) groups is 1. The molecule has 0 aliphatic heterocycles. The Balaban J connectivity index is 2.31. The Labute approximate surface area is 148 Å². The van der Waals surface area contributed by atoms with Gasteiger partial charge < -0.3 is 19.5 Å². The molecule has 0 unspecified atom stereocenters. The summed E-state index contributed by atoms with van der Waals surface area (Å²) in [6.07, 6.45) is 0.189. The number of esters is 1. The Morgan fingerprint density at radius 1 is 1.04 bits per heavy atom. The van der Waals surface area contributed by atoms with Crippen molar-refractivity contribution in [1.29, 1.82) is 0 Å². The van der Waals surface area contributed by atoms with Crippen LogP contribution in [0.3, 0.4) is 0 Å². The third kappa shape index (κ3) is 5.22. The predicted molar refractivity (Wildman–Crippen MR) is 97.3 cm³/mol. The van der Waals surface area contributed by atoms with Crippen molar-refractivity contribution in [3.8, 4) is 17.2 Å². The number of rotatable bonds is 8. The van der Waals surface area contributed by atoms with Gasteiger partial charge >= 0.3 is 5.97 Å². The normalized spacial score (nSPS) is 10.4. The van der Waals surface area contributed by atoms with Gasteiger partial charge in [0.2, 0.25) is 0 Å². The van der Waals surface area contributed by atoms with E-state index in [0.29, 0.717) is 11.5 Å². The van der Waals surface area contributed by atoms with E-state index in [9.17, 15) is 4.79 Å². The first-order chi connectivity index (χ1) is 12.1. The second kappa shape index (κ2) is 9.08. The first kappa shape index (κ1) is 18.8. The maximum atomic E-state index is 11.5. The van der Waals surface area contributed by atoms with Crippen LogP contribution in [0.15, 0.2) is 36.4 Å². The molecule has 0 saturated heterocycles. The molecule has 5 nitrogen and oxygen atoms in total. The zero-order chi connectivity index (χ0) is 18.2. The van der Waals surface area contributed by atoms with Crippen molar-refractivity contribution < 1.29 is 19.0 Å². The highest BCUT2D eigenvalue weighted by Crippen LogP contribution is 2.34. The zero-order valence-electron chi connectivity index (χ0n) is 15.2. The molecule has 0 bridgehead atoms. The van der Waals surface area contributed by atoms with Crippen LogP contribution >= 0.6 is 0 Å². The van der Waals surface area contributed by atoms with E-state index in [1.54, 1.807) is 13.2 Å². The smallest absolute Gasteiger partial charge is 0.309 e. The average molecular weight is 343 g/mol. The largest absolute Gasteiger partial charge is 0.493 e. The van der Waals surface area contributed by atoms with Crippen molar-refractivity contribution >= 4 is 5.97 Å². The molecule has 0 aliphatic carbocycles. The summed E-state index contributed by atoms with van der Waals surface area (Å²) in [5.74, 6) is 1.66. The second-order valence-electron chi connectivity index (χ2n) is 5.73. The molecule has 2 rings (SSSR count). The topological polar surface area (TPSA) is 56.8 Å². The summed E-state index contributed by atoms with van der Waals surface area (Å²) in [5, 5.41) is 3.32. The first-order valence-electron chi connectivity index (χ1n) is 8.29. The predicted octanol–water partition coefficient (Wildman–Crippen LogP) is 3.62. The van der Waals surface area contributed by atoms with E-state index in [1.165, 1.54) is 12.7 Å². The van der Waals surface area contributed by atoms with Crippen molar-refractivity contribution in [2.24, 2.45) is 0 Å². The van der Waals surface area contributed by atoms with Gasteiger partial charge in [0.05, 0.1) is 20.6 Å². The van der Waals surface area contributed by atoms with Crippen molar-refractivity contribution in [1.82, 2.24) is 5.32 Å². The van der Waals surface area contributed by atoms with Gasteiger partial charge in [-0.2, -0.15) is 0 Å². The highest BCUT2D eigenvalue weighted by atomic mass is 16.5. The highest BCUT2D eigenvalue weighted by molar-refractivity contribution is 5.72. The Bertz CT molecular complexity index is 728. The monoisotopic (exact) mass is 343 g/mol. The second-order valence-corrected chi connectivity index (χ2v) is 5.73. The lowest BCUT2D eigenvalue weighted by Crippen LogP contribution is -2.12. The lowest BCUT2D eigenvalue weighted by molar-refractivity contribution is -0.139. The summed E-state index contributed by atoms with van der Waals surface area (Å²) < 4.78 is 16.2. The molecular formula is C20H25NO4. The molecule has 2 aromatic rings. The number of hydrogen-bond acceptors (Lipinski definition) is 5. The van der Waals surface area contributed by atoms with Gasteiger partial charge in [0.15, 0.2) is 11.5 Å². The van der Waals surface area contributed by atoms with Crippen LogP contribution in [0, 0.1) is 6.92 Å². The number of benzene rings is 2. The van der Waals surface area contributed by atoms with Gasteiger partial charge in [-0.15, -0.1) is 0 Å². The highest BCUT2D eigenvalue weighted by Gasteiger charge is 2.12. The summed E-state index contributed by atoms with van der Waals surface area (Å²) >= 11 is 0. The third-order valence-corrected chi connectivity index (χ3v) is 3.81. The number of hydrogen-bond donors (Lipinski definition) is 1. The molecule has 0 heterocycles. The Hall–Kier alpha value is -2.53. The van der Waals surface area contributed by atoms with Gasteiger partial charge in [0, 0.05) is 12.1 Å². The molecule has 134 valence electrons. The van der Waals surface area contributed by atoms with Crippen molar-refractivity contribution in [3.05, 3.63) is 53.1 Å². The van der Waals surface area contributed by atoms with Crippen molar-refractivity contribution in [2.75, 3.05) is 20.8 Å². The fraction of sp³-hybridized carbons (Fsp3) is 0.350. The molecule has 0 saturated carbocycles. The fourth-order valence-corrected chi connectivity index (χ4v) is 2.47. The van der Waals surface area contributed by atoms with E-state index >= 15 is 0 Å². The lowest BCUT2D eigenvalue weighted by atomic mass is 10.1. The van der Waals surface area contributed by atoms with Gasteiger partial charge in [-0.25, -0.2) is 0 Å². The summed E-state index contributed by atoms with van der Waals surface area (Å²) in [5.41, 5.74) is 3.05. The molecular weight excluding hydrogens is 318 g/mol. The van der Waals surface area contributed by atoms with Gasteiger partial charge in [-0.3, -0.25) is 4.79 Å². The van der Waals surface area contributed by atoms with E-state index in [4.69, 9.17) is 14.2 Å². The number of methoxy groups -OCH3 is 2. The SMILES string of the molecule is CCNCc1cc(C)ccc1Oc1cc(CC(=O)OC)ccc1OC. The van der Waals surface area contributed by atoms with Gasteiger partial charge in [0.1, 0.15) is 5.75 Å². The van der Waals surface area contributed by atoms with E-state index in [0.717, 1.165) is 30.0 Å². The molecule has 0 fully saturated rings. The summed E-state index contributed by atoms with van der Waals surface area (Å²) in [4.78, 5) is 11.5. The average Bonchev–Trinajstić information content (AvgIpc) is 2.62. The molecule has 0 atom stereocenters. The lowest BCUT2D eigenvalue weighted by Gasteiger charge is -2.15. The molecule has 0 amide bonds. The van der Waals surface area contributed by atoms with Gasteiger partial charge in [0.25, 0.3) is 0 Å². The molecule has 1 N–H and O–H groups in total. The Morgan fingerprint density at radius 3 is 2.48 bits per heavy atom. The Morgan fingerprint density at radius 2 is 1.80 bits per heavy atom. The third-order valence-electron chi connectivity index (χ3n) is 3.81. The van der Waals surface area contributed by atoms with Crippen molar-refractivity contribution in [3.63, 3.8) is 0 Å². The maximum absolute atomic E-state index is 11.5. The molecule has 0 aliphatic rings. The summed E-state index contributed by atoms with van der Waals surface area (Å²) in [6, 6.07) is 11.5. The quantitative estimate of drug-likeness (QED) is 0.742. The van der Waals surface area contributed by atoms with E-state index in [1.807, 2.05) is 24.3 Å². The van der Waals surface area contributed by atoms with Crippen LogP contribution in [-0.2, 0) is 22.5 Å². The first-order valence-corrected chi connectivity index (χ1v) is 8.29. The van der Waals surface area contributed by atoms with Crippen LogP contribution in [0.1, 0.15) is 23.6 Å². The summed E-state index contributed by atoms with van der Waals surface area (Å²) in [7, 11) is 2.97. The van der Waals surface area contributed by atoms with Crippen molar-refractivity contribution in [2.45, 2.75) is 26.8 Å². The van der Waals surface area contributed by atoms with E-state index < -0.39 is 0 Å². The number of nitrogens with one attached hydrogen (secondary N) is 1. The van der Waals surface area contributed by atoms with Crippen LogP contribution in [0.5, 0.6) is 17.2 Å². The van der Waals surface area contributed by atoms with Crippen LogP contribution in [0.2, 0.25) is 0 Å². The maximum Gasteiger partial charge on any atom is 0.309 e. The van der Waals surface area contributed by atoms with Gasteiger partial charge in [-0.05, 0) is 37.2 Å². The molecule has 0 aromatic heterocycles. The van der Waals surface area contributed by atoms with E-state index in [-0.39, 0.29) is 12.4 Å². The Kier molecular flexibility index (Phi) is 6.83. The fourth-order valence-electron chi connectivity index (χ4n) is 2.47. The van der Waals surface area contributed by atoms with Gasteiger partial charge in [-0.1, -0.05) is 30.7 Å². The van der Waals surface area contributed by atoms with E-state index in [2.05, 4.69) is 25.2 Å². The number of aryl methyl sites for hydroxylation is 1. The van der Waals surface area contributed by atoms with Crippen LogP contribution in [0.4, 0.5) is 0 Å². The standard InChI is InChI=1S/C20H25NO4/c1-5-21-13-16-10-14(2)6-8-17(16)25-19-11-15(12-20(22)24-4)7-9-18(19)23-3/h6-11,21H,5,12-13H2,1-4H3. The molecule has 25 heavy (non-hydrogen) atoms. The molecule has 2 aromatic carbocycles. The number of carbonyl (C=O) groups excluding carboxylic acids is 1. The summed E-state index contributed by atoms with van der Waals surface area (Å²) in [6.45, 7) is 5.72. The van der Waals surface area contributed by atoms with Crippen LogP contribution in [0.25, 0.3) is 0 Å². The van der Waals surface area contributed by atoms with Crippen LogP contribution < -0.4 is 14.8 Å². The minimum Gasteiger partial charge on any atom is -0.493 e. The van der Waals surface area contributed by atoms with Crippen LogP contribution in [-0.4, -0.2) is 26.7 Å².